The lowest BCUT2D eigenvalue weighted by molar-refractivity contribution is -0.146. The van der Waals surface area contributed by atoms with Gasteiger partial charge in [0.1, 0.15) is 6.04 Å². The van der Waals surface area contributed by atoms with E-state index in [1.54, 1.807) is 31.3 Å². The number of nitrogens with one attached hydrogen (secondary N) is 1. The normalized spacial score (nSPS) is 12.9. The quantitative estimate of drug-likeness (QED) is 0.802. The van der Waals surface area contributed by atoms with Crippen LogP contribution in [0.25, 0.3) is 10.9 Å². The highest BCUT2D eigenvalue weighted by Crippen LogP contribution is 2.17. The van der Waals surface area contributed by atoms with Gasteiger partial charge in [0.05, 0.1) is 31.7 Å². The summed E-state index contributed by atoms with van der Waals surface area (Å²) in [6.45, 7) is 1.67. The summed E-state index contributed by atoms with van der Waals surface area (Å²) in [6.07, 6.45) is 1.57. The van der Waals surface area contributed by atoms with Gasteiger partial charge in [0, 0.05) is 11.6 Å². The minimum absolute atomic E-state index is 0.0235. The fraction of sp³-hybridized carbons (Fsp3) is 0.333. The third-order valence-corrected chi connectivity index (χ3v) is 3.90. The van der Waals surface area contributed by atoms with Gasteiger partial charge in [-0.3, -0.25) is 14.6 Å². The molecule has 2 rings (SSSR count). The number of fused-ring (bicyclic) bond motifs is 1. The minimum Gasteiger partial charge on any atom is -0.469 e. The molecule has 0 radical (unpaired) electrons. The Morgan fingerprint density at radius 2 is 1.84 bits per heavy atom. The molecule has 132 valence electrons. The summed E-state index contributed by atoms with van der Waals surface area (Å²) < 4.78 is 9.37. The number of para-hydroxylation sites is 1. The monoisotopic (exact) mass is 344 g/mol. The Morgan fingerprint density at radius 1 is 1.12 bits per heavy atom. The summed E-state index contributed by atoms with van der Waals surface area (Å²) in [7, 11) is 2.49. The van der Waals surface area contributed by atoms with Crippen molar-refractivity contribution >= 4 is 28.7 Å². The van der Waals surface area contributed by atoms with Crippen LogP contribution in [0, 0.1) is 5.92 Å². The topological polar surface area (TPSA) is 94.6 Å². The molecule has 2 atom stereocenters. The van der Waals surface area contributed by atoms with Gasteiger partial charge in [0.2, 0.25) is 0 Å². The lowest BCUT2D eigenvalue weighted by atomic mass is 9.97. The fourth-order valence-corrected chi connectivity index (χ4v) is 2.53. The van der Waals surface area contributed by atoms with Crippen LogP contribution in [0.5, 0.6) is 0 Å². The van der Waals surface area contributed by atoms with Gasteiger partial charge in [-0.05, 0) is 18.1 Å². The summed E-state index contributed by atoms with van der Waals surface area (Å²) in [5.41, 5.74) is 0.879. The highest BCUT2D eigenvalue weighted by Gasteiger charge is 2.30. The van der Waals surface area contributed by atoms with Crippen LogP contribution in [0.3, 0.4) is 0 Å². The molecule has 1 heterocycles. The highest BCUT2D eigenvalue weighted by molar-refractivity contribution is 6.06. The molecular weight excluding hydrogens is 324 g/mol. The van der Waals surface area contributed by atoms with Gasteiger partial charge in [-0.2, -0.15) is 0 Å². The number of pyridine rings is 1. The van der Waals surface area contributed by atoms with Gasteiger partial charge in [-0.1, -0.05) is 25.1 Å². The average Bonchev–Trinajstić information content (AvgIpc) is 2.64. The zero-order chi connectivity index (χ0) is 18.4. The summed E-state index contributed by atoms with van der Waals surface area (Å²) in [6, 6.07) is 7.86. The van der Waals surface area contributed by atoms with Gasteiger partial charge in [0.25, 0.3) is 5.91 Å². The second-order valence-electron chi connectivity index (χ2n) is 5.61. The van der Waals surface area contributed by atoms with Crippen LogP contribution in [0.1, 0.15) is 23.7 Å². The number of rotatable bonds is 6. The summed E-state index contributed by atoms with van der Waals surface area (Å²) in [4.78, 5) is 40.4. The van der Waals surface area contributed by atoms with E-state index >= 15 is 0 Å². The van der Waals surface area contributed by atoms with Crippen molar-refractivity contribution in [2.24, 2.45) is 5.92 Å². The summed E-state index contributed by atoms with van der Waals surface area (Å²) in [5.74, 6) is -2.05. The van der Waals surface area contributed by atoms with E-state index < -0.39 is 29.8 Å². The average molecular weight is 344 g/mol. The number of ether oxygens (including phenoxy) is 2. The van der Waals surface area contributed by atoms with Crippen molar-refractivity contribution in [2.75, 3.05) is 14.2 Å². The van der Waals surface area contributed by atoms with E-state index in [9.17, 15) is 14.4 Å². The summed E-state index contributed by atoms with van der Waals surface area (Å²) in [5, 5.41) is 3.46. The predicted octanol–water partition coefficient (Wildman–Crippen LogP) is 1.71. The molecule has 0 aliphatic rings. The fourth-order valence-electron chi connectivity index (χ4n) is 2.53. The van der Waals surface area contributed by atoms with E-state index in [1.165, 1.54) is 14.2 Å². The molecule has 7 nitrogen and oxygen atoms in total. The standard InChI is InChI=1S/C18H20N2O5/c1-11(10-14(21)24-2)15(18(23)25-3)20-17(22)13-8-4-6-12-7-5-9-19-16(12)13/h4-9,11,15H,10H2,1-3H3,(H,20,22)/t11-,15-/m0/s1. The van der Waals surface area contributed by atoms with Crippen molar-refractivity contribution in [1.82, 2.24) is 10.3 Å². The van der Waals surface area contributed by atoms with E-state index in [0.29, 0.717) is 11.1 Å². The zero-order valence-corrected chi connectivity index (χ0v) is 14.3. The molecule has 0 aliphatic heterocycles. The lowest BCUT2D eigenvalue weighted by Gasteiger charge is -2.22. The Hall–Kier alpha value is -2.96. The van der Waals surface area contributed by atoms with Crippen LogP contribution in [-0.2, 0) is 19.1 Å². The maximum absolute atomic E-state index is 12.7. The molecule has 25 heavy (non-hydrogen) atoms. The molecule has 0 bridgehead atoms. The Labute approximate surface area is 145 Å². The maximum Gasteiger partial charge on any atom is 0.328 e. The zero-order valence-electron chi connectivity index (χ0n) is 14.3. The van der Waals surface area contributed by atoms with Crippen molar-refractivity contribution in [3.8, 4) is 0 Å². The van der Waals surface area contributed by atoms with Gasteiger partial charge in [-0.15, -0.1) is 0 Å². The number of benzene rings is 1. The van der Waals surface area contributed by atoms with E-state index in [0.717, 1.165) is 5.39 Å². The van der Waals surface area contributed by atoms with Crippen LogP contribution in [-0.4, -0.2) is 43.1 Å². The lowest BCUT2D eigenvalue weighted by Crippen LogP contribution is -2.46. The number of carbonyl (C=O) groups excluding carboxylic acids is 3. The van der Waals surface area contributed by atoms with Crippen LogP contribution < -0.4 is 5.32 Å². The number of aromatic nitrogens is 1. The van der Waals surface area contributed by atoms with Crippen molar-refractivity contribution < 1.29 is 23.9 Å². The molecular formula is C18H20N2O5. The van der Waals surface area contributed by atoms with E-state index in [1.807, 2.05) is 12.1 Å². The van der Waals surface area contributed by atoms with Crippen molar-refractivity contribution in [2.45, 2.75) is 19.4 Å². The highest BCUT2D eigenvalue weighted by atomic mass is 16.5. The number of nitrogens with zero attached hydrogens (tertiary/aromatic N) is 1. The smallest absolute Gasteiger partial charge is 0.328 e. The number of carbonyl (C=O) groups is 3. The van der Waals surface area contributed by atoms with E-state index in [4.69, 9.17) is 4.74 Å². The van der Waals surface area contributed by atoms with Gasteiger partial charge in [0.15, 0.2) is 0 Å². The molecule has 0 spiro atoms. The van der Waals surface area contributed by atoms with E-state index in [-0.39, 0.29) is 6.42 Å². The molecule has 0 fully saturated rings. The first-order valence-corrected chi connectivity index (χ1v) is 7.77. The molecule has 2 aromatic rings. The first-order chi connectivity index (χ1) is 12.0. The number of hydrogen-bond donors (Lipinski definition) is 1. The number of esters is 2. The van der Waals surface area contributed by atoms with E-state index in [2.05, 4.69) is 15.0 Å². The van der Waals surface area contributed by atoms with Crippen LogP contribution in [0.4, 0.5) is 0 Å². The predicted molar refractivity (Wildman–Crippen MR) is 90.8 cm³/mol. The van der Waals surface area contributed by atoms with Crippen LogP contribution in [0.2, 0.25) is 0 Å². The minimum atomic E-state index is -0.976. The Balaban J connectivity index is 2.26. The Bertz CT molecular complexity index is 785. The number of amides is 1. The van der Waals surface area contributed by atoms with Crippen LogP contribution >= 0.6 is 0 Å². The molecule has 0 unspecified atom stereocenters. The Morgan fingerprint density at radius 3 is 2.52 bits per heavy atom. The first-order valence-electron chi connectivity index (χ1n) is 7.77. The molecule has 0 aliphatic carbocycles. The third kappa shape index (κ3) is 4.32. The molecule has 1 amide bonds. The molecule has 0 saturated carbocycles. The van der Waals surface area contributed by atoms with Crippen molar-refractivity contribution in [3.05, 3.63) is 42.1 Å². The number of methoxy groups -OCH3 is 2. The largest absolute Gasteiger partial charge is 0.469 e. The molecule has 1 aromatic carbocycles. The van der Waals surface area contributed by atoms with Gasteiger partial charge < -0.3 is 14.8 Å². The summed E-state index contributed by atoms with van der Waals surface area (Å²) >= 11 is 0. The van der Waals surface area contributed by atoms with Crippen molar-refractivity contribution in [1.29, 1.82) is 0 Å². The second kappa shape index (κ2) is 8.23. The molecule has 0 saturated heterocycles. The molecule has 1 aromatic heterocycles. The number of hydrogen-bond acceptors (Lipinski definition) is 6. The second-order valence-corrected chi connectivity index (χ2v) is 5.61. The van der Waals surface area contributed by atoms with Gasteiger partial charge in [-0.25, -0.2) is 4.79 Å². The van der Waals surface area contributed by atoms with Gasteiger partial charge >= 0.3 is 11.9 Å². The molecule has 7 heteroatoms. The molecule has 1 N–H and O–H groups in total. The Kier molecular flexibility index (Phi) is 6.05. The SMILES string of the molecule is COC(=O)C[C@H](C)[C@H](NC(=O)c1cccc2cccnc12)C(=O)OC. The third-order valence-electron chi connectivity index (χ3n) is 3.90. The van der Waals surface area contributed by atoms with Crippen molar-refractivity contribution in [3.63, 3.8) is 0 Å². The first kappa shape index (κ1) is 18.4. The maximum atomic E-state index is 12.7. The van der Waals surface area contributed by atoms with Crippen LogP contribution in [0.15, 0.2) is 36.5 Å².